The van der Waals surface area contributed by atoms with Crippen molar-refractivity contribution in [3.05, 3.63) is 65.3 Å². The number of carbonyl (C=O) groups excluding carboxylic acids is 1. The van der Waals surface area contributed by atoms with Crippen molar-refractivity contribution in [2.75, 3.05) is 18.1 Å². The van der Waals surface area contributed by atoms with Crippen LogP contribution < -0.4 is 4.90 Å². The summed E-state index contributed by atoms with van der Waals surface area (Å²) in [7, 11) is 0. The maximum absolute atomic E-state index is 11.9. The lowest BCUT2D eigenvalue weighted by molar-refractivity contribution is 0.0526. The lowest BCUT2D eigenvalue weighted by atomic mass is 10.2. The van der Waals surface area contributed by atoms with Crippen molar-refractivity contribution < 1.29 is 9.53 Å². The van der Waals surface area contributed by atoms with Crippen molar-refractivity contribution in [1.29, 1.82) is 0 Å². The maximum Gasteiger partial charge on any atom is 0.338 e. The Labute approximate surface area is 173 Å². The first-order chi connectivity index (χ1) is 14.1. The van der Waals surface area contributed by atoms with Crippen molar-refractivity contribution in [1.82, 2.24) is 14.4 Å². The smallest absolute Gasteiger partial charge is 0.338 e. The molecule has 4 aromatic rings. The highest BCUT2D eigenvalue weighted by Crippen LogP contribution is 2.33. The second-order valence-corrected chi connectivity index (χ2v) is 7.34. The Balaban J connectivity index is 1.65. The Morgan fingerprint density at radius 2 is 1.93 bits per heavy atom. The number of aromatic nitrogens is 3. The van der Waals surface area contributed by atoms with Gasteiger partial charge >= 0.3 is 5.97 Å². The molecule has 148 valence electrons. The number of esters is 1. The lowest BCUT2D eigenvalue weighted by Gasteiger charge is -2.20. The van der Waals surface area contributed by atoms with E-state index in [0.717, 1.165) is 40.1 Å². The van der Waals surface area contributed by atoms with Gasteiger partial charge in [-0.25, -0.2) is 14.8 Å². The van der Waals surface area contributed by atoms with Gasteiger partial charge in [-0.1, -0.05) is 6.07 Å². The van der Waals surface area contributed by atoms with Crippen LogP contribution in [0.15, 0.2) is 54.0 Å². The molecular formula is C22H22N4O2S. The molecule has 0 amide bonds. The van der Waals surface area contributed by atoms with Gasteiger partial charge in [0, 0.05) is 23.8 Å². The number of benzene rings is 1. The number of aryl methyl sites for hydroxylation is 1. The summed E-state index contributed by atoms with van der Waals surface area (Å²) in [5, 5.41) is 2.96. The number of thiazole rings is 1. The lowest BCUT2D eigenvalue weighted by Crippen LogP contribution is -2.16. The first-order valence-electron chi connectivity index (χ1n) is 9.56. The van der Waals surface area contributed by atoms with Gasteiger partial charge in [0.2, 0.25) is 0 Å². The Bertz CT molecular complexity index is 1150. The molecule has 3 heterocycles. The number of fused-ring (bicyclic) bond motifs is 1. The van der Waals surface area contributed by atoms with E-state index < -0.39 is 0 Å². The predicted molar refractivity (Wildman–Crippen MR) is 116 cm³/mol. The van der Waals surface area contributed by atoms with E-state index in [4.69, 9.17) is 9.72 Å². The topological polar surface area (TPSA) is 59.7 Å². The summed E-state index contributed by atoms with van der Waals surface area (Å²) in [5.41, 5.74) is 5.31. The standard InChI is InChI=1S/C22H22N4O2S/c1-4-25(17-11-9-16(10-12-17)21(27)28-5-2)22-24-18(14-29-22)20-15(3)23-19-8-6-7-13-26(19)20/h6-14H,4-5H2,1-3H3. The quantitative estimate of drug-likeness (QED) is 0.417. The zero-order valence-corrected chi connectivity index (χ0v) is 17.4. The van der Waals surface area contributed by atoms with E-state index >= 15 is 0 Å². The van der Waals surface area contributed by atoms with Gasteiger partial charge < -0.3 is 9.64 Å². The summed E-state index contributed by atoms with van der Waals surface area (Å²) in [6.45, 7) is 7.02. The molecule has 6 nitrogen and oxygen atoms in total. The molecule has 0 aliphatic carbocycles. The van der Waals surface area contributed by atoms with Gasteiger partial charge in [-0.15, -0.1) is 11.3 Å². The molecule has 0 aliphatic heterocycles. The number of hydrogen-bond acceptors (Lipinski definition) is 6. The minimum atomic E-state index is -0.304. The first-order valence-corrected chi connectivity index (χ1v) is 10.4. The Morgan fingerprint density at radius 3 is 2.66 bits per heavy atom. The van der Waals surface area contributed by atoms with Crippen molar-refractivity contribution in [2.24, 2.45) is 0 Å². The number of ether oxygens (including phenoxy) is 1. The maximum atomic E-state index is 11.9. The van der Waals surface area contributed by atoms with E-state index in [1.54, 1.807) is 30.4 Å². The fraction of sp³-hybridized carbons (Fsp3) is 0.227. The molecule has 0 saturated carbocycles. The minimum absolute atomic E-state index is 0.304. The zero-order chi connectivity index (χ0) is 20.4. The van der Waals surface area contributed by atoms with Gasteiger partial charge in [0.1, 0.15) is 11.3 Å². The van der Waals surface area contributed by atoms with E-state index in [1.807, 2.05) is 43.5 Å². The second-order valence-electron chi connectivity index (χ2n) is 6.50. The predicted octanol–water partition coefficient (Wildman–Crippen LogP) is 5.10. The van der Waals surface area contributed by atoms with Crippen molar-refractivity contribution in [3.8, 4) is 11.4 Å². The van der Waals surface area contributed by atoms with Crippen molar-refractivity contribution in [3.63, 3.8) is 0 Å². The van der Waals surface area contributed by atoms with Gasteiger partial charge in [0.25, 0.3) is 0 Å². The molecule has 0 saturated heterocycles. The van der Waals surface area contributed by atoms with E-state index in [1.165, 1.54) is 0 Å². The van der Waals surface area contributed by atoms with Gasteiger partial charge in [-0.2, -0.15) is 0 Å². The number of anilines is 2. The Kier molecular flexibility index (Phi) is 5.31. The molecular weight excluding hydrogens is 384 g/mol. The molecule has 29 heavy (non-hydrogen) atoms. The van der Waals surface area contributed by atoms with E-state index in [2.05, 4.69) is 26.6 Å². The van der Waals surface area contributed by atoms with E-state index in [9.17, 15) is 4.79 Å². The third-order valence-corrected chi connectivity index (χ3v) is 5.54. The molecule has 1 aromatic carbocycles. The average Bonchev–Trinajstić information content (AvgIpc) is 3.32. The SMILES string of the molecule is CCOC(=O)c1ccc(N(CC)c2nc(-c3c(C)nc4ccccn34)cs2)cc1. The summed E-state index contributed by atoms with van der Waals surface area (Å²) in [6.07, 6.45) is 2.01. The summed E-state index contributed by atoms with van der Waals surface area (Å²) in [4.78, 5) is 23.5. The van der Waals surface area contributed by atoms with Gasteiger partial charge in [0.15, 0.2) is 5.13 Å². The Morgan fingerprint density at radius 1 is 1.14 bits per heavy atom. The second kappa shape index (κ2) is 8.05. The molecule has 0 aliphatic rings. The summed E-state index contributed by atoms with van der Waals surface area (Å²) >= 11 is 1.59. The molecule has 3 aromatic heterocycles. The number of rotatable bonds is 6. The molecule has 7 heteroatoms. The molecule has 0 unspecified atom stereocenters. The van der Waals surface area contributed by atoms with Gasteiger partial charge in [-0.05, 0) is 57.2 Å². The molecule has 0 radical (unpaired) electrons. The molecule has 4 rings (SSSR count). The third-order valence-electron chi connectivity index (χ3n) is 4.68. The average molecular weight is 407 g/mol. The van der Waals surface area contributed by atoms with Gasteiger partial charge in [0.05, 0.1) is 23.6 Å². The van der Waals surface area contributed by atoms with Crippen LogP contribution in [0, 0.1) is 6.92 Å². The van der Waals surface area contributed by atoms with Crippen LogP contribution in [0.2, 0.25) is 0 Å². The Hall–Kier alpha value is -3.19. The van der Waals surface area contributed by atoms with Crippen LogP contribution in [0.4, 0.5) is 10.8 Å². The monoisotopic (exact) mass is 406 g/mol. The van der Waals surface area contributed by atoms with Gasteiger partial charge in [-0.3, -0.25) is 4.40 Å². The first kappa shape index (κ1) is 19.1. The highest BCUT2D eigenvalue weighted by molar-refractivity contribution is 7.14. The summed E-state index contributed by atoms with van der Waals surface area (Å²) in [6, 6.07) is 13.4. The third kappa shape index (κ3) is 3.61. The highest BCUT2D eigenvalue weighted by atomic mass is 32.1. The van der Waals surface area contributed by atoms with Crippen molar-refractivity contribution in [2.45, 2.75) is 20.8 Å². The normalized spacial score (nSPS) is 11.0. The largest absolute Gasteiger partial charge is 0.462 e. The number of imidazole rings is 1. The number of nitrogens with zero attached hydrogens (tertiary/aromatic N) is 4. The number of pyridine rings is 1. The van der Waals surface area contributed by atoms with Crippen LogP contribution in [-0.2, 0) is 4.74 Å². The highest BCUT2D eigenvalue weighted by Gasteiger charge is 2.17. The molecule has 0 fully saturated rings. The fourth-order valence-corrected chi connectivity index (χ4v) is 4.23. The van der Waals surface area contributed by atoms with Crippen LogP contribution in [0.1, 0.15) is 29.9 Å². The van der Waals surface area contributed by atoms with E-state index in [-0.39, 0.29) is 5.97 Å². The summed E-state index contributed by atoms with van der Waals surface area (Å²) in [5.74, 6) is -0.304. The number of hydrogen-bond donors (Lipinski definition) is 0. The molecule has 0 atom stereocenters. The molecule has 0 N–H and O–H groups in total. The van der Waals surface area contributed by atoms with Crippen LogP contribution in [-0.4, -0.2) is 33.5 Å². The van der Waals surface area contributed by atoms with Crippen LogP contribution in [0.25, 0.3) is 17.0 Å². The van der Waals surface area contributed by atoms with Crippen molar-refractivity contribution >= 4 is 33.8 Å². The molecule has 0 bridgehead atoms. The van der Waals surface area contributed by atoms with Crippen LogP contribution >= 0.6 is 11.3 Å². The van der Waals surface area contributed by atoms with Crippen LogP contribution in [0.3, 0.4) is 0 Å². The number of carbonyl (C=O) groups is 1. The fourth-order valence-electron chi connectivity index (χ4n) is 3.34. The molecule has 0 spiro atoms. The van der Waals surface area contributed by atoms with Crippen LogP contribution in [0.5, 0.6) is 0 Å². The zero-order valence-electron chi connectivity index (χ0n) is 16.6. The minimum Gasteiger partial charge on any atom is -0.462 e. The summed E-state index contributed by atoms with van der Waals surface area (Å²) < 4.78 is 7.13. The van der Waals surface area contributed by atoms with E-state index in [0.29, 0.717) is 12.2 Å².